The molecular formula is C24H40N6. The van der Waals surface area contributed by atoms with Crippen LogP contribution in [0.5, 0.6) is 0 Å². The molecule has 1 atom stereocenters. The van der Waals surface area contributed by atoms with E-state index in [0.29, 0.717) is 12.1 Å². The Hall–Kier alpha value is -1.76. The molecule has 0 bridgehead atoms. The summed E-state index contributed by atoms with van der Waals surface area (Å²) in [6.45, 7) is 21.0. The maximum Gasteiger partial charge on any atom is 0.300 e. The van der Waals surface area contributed by atoms with Gasteiger partial charge in [-0.25, -0.2) is 10.1 Å². The molecule has 0 aromatic rings. The van der Waals surface area contributed by atoms with Crippen molar-refractivity contribution in [2.24, 2.45) is 5.92 Å². The van der Waals surface area contributed by atoms with E-state index in [1.165, 1.54) is 25.9 Å². The van der Waals surface area contributed by atoms with Crippen LogP contribution in [0.15, 0.2) is 11.5 Å². The lowest BCUT2D eigenvalue weighted by Gasteiger charge is -2.45. The van der Waals surface area contributed by atoms with Crippen LogP contribution in [0.3, 0.4) is 0 Å². The Morgan fingerprint density at radius 3 is 2.27 bits per heavy atom. The summed E-state index contributed by atoms with van der Waals surface area (Å²) in [7, 11) is 2.10. The number of allylic oxidation sites excluding steroid dienone is 1. The Labute approximate surface area is 183 Å². The van der Waals surface area contributed by atoms with Gasteiger partial charge in [0.05, 0.1) is 12.6 Å². The van der Waals surface area contributed by atoms with E-state index >= 15 is 0 Å². The number of hydrogen-bond acceptors (Lipinski definition) is 5. The van der Waals surface area contributed by atoms with Crippen LogP contribution in [0.1, 0.15) is 59.3 Å². The molecule has 3 saturated heterocycles. The molecule has 30 heavy (non-hydrogen) atoms. The number of likely N-dealkylation sites (tertiary alicyclic amines) is 3. The fourth-order valence-electron chi connectivity index (χ4n) is 5.55. The van der Waals surface area contributed by atoms with Crippen molar-refractivity contribution < 1.29 is 0 Å². The average molecular weight is 413 g/mol. The van der Waals surface area contributed by atoms with Gasteiger partial charge in [0.25, 0.3) is 0 Å². The molecule has 0 radical (unpaired) electrons. The second kappa shape index (κ2) is 10.5. The molecule has 3 aliphatic heterocycles. The van der Waals surface area contributed by atoms with Crippen molar-refractivity contribution in [1.82, 2.24) is 19.6 Å². The Balaban J connectivity index is 1.63. The standard InChI is InChI=1S/C24H40N6/c1-19(2)28-15-10-22(11-16-28)27(5)24(23(17-25)26-4)29-13-8-21(9-14-29)18-30-12-6-7-20(30)3/h19-22H,6-16,18H2,1-3,5H3. The first-order valence-electron chi connectivity index (χ1n) is 11.9. The summed E-state index contributed by atoms with van der Waals surface area (Å²) in [6.07, 6.45) is 7.18. The fourth-order valence-corrected chi connectivity index (χ4v) is 5.55. The van der Waals surface area contributed by atoms with Crippen molar-refractivity contribution in [3.05, 3.63) is 22.9 Å². The molecule has 0 amide bonds. The van der Waals surface area contributed by atoms with Crippen molar-refractivity contribution in [2.75, 3.05) is 46.3 Å². The summed E-state index contributed by atoms with van der Waals surface area (Å²) < 4.78 is 0. The second-order valence-electron chi connectivity index (χ2n) is 9.78. The Morgan fingerprint density at radius 1 is 1.10 bits per heavy atom. The highest BCUT2D eigenvalue weighted by atomic mass is 15.3. The highest BCUT2D eigenvalue weighted by molar-refractivity contribution is 5.32. The van der Waals surface area contributed by atoms with Gasteiger partial charge in [-0.2, -0.15) is 0 Å². The average Bonchev–Trinajstić information content (AvgIpc) is 3.16. The maximum absolute atomic E-state index is 9.67. The molecule has 0 N–H and O–H groups in total. The zero-order chi connectivity index (χ0) is 21.7. The summed E-state index contributed by atoms with van der Waals surface area (Å²) in [5.41, 5.74) is 0.260. The van der Waals surface area contributed by atoms with Crippen molar-refractivity contribution in [1.29, 1.82) is 5.26 Å². The molecule has 3 aliphatic rings. The molecule has 0 saturated carbocycles. The lowest BCUT2D eigenvalue weighted by Crippen LogP contribution is -2.49. The van der Waals surface area contributed by atoms with Gasteiger partial charge in [0.1, 0.15) is 5.82 Å². The van der Waals surface area contributed by atoms with Crippen molar-refractivity contribution in [3.8, 4) is 6.07 Å². The summed E-state index contributed by atoms with van der Waals surface area (Å²) in [4.78, 5) is 13.4. The van der Waals surface area contributed by atoms with Crippen molar-refractivity contribution in [3.63, 3.8) is 0 Å². The van der Waals surface area contributed by atoms with Gasteiger partial charge in [0, 0.05) is 57.9 Å². The highest BCUT2D eigenvalue weighted by Crippen LogP contribution is 2.29. The first-order valence-corrected chi connectivity index (χ1v) is 11.9. The zero-order valence-corrected chi connectivity index (χ0v) is 19.5. The van der Waals surface area contributed by atoms with E-state index in [1.807, 2.05) is 0 Å². The van der Waals surface area contributed by atoms with Gasteiger partial charge in [-0.3, -0.25) is 0 Å². The predicted octanol–water partition coefficient (Wildman–Crippen LogP) is 3.60. The Bertz CT molecular complexity index is 655. The smallest absolute Gasteiger partial charge is 0.300 e. The number of piperidine rings is 2. The van der Waals surface area contributed by atoms with Crippen LogP contribution < -0.4 is 0 Å². The van der Waals surface area contributed by atoms with Gasteiger partial charge in [0.2, 0.25) is 0 Å². The van der Waals surface area contributed by atoms with Crippen molar-refractivity contribution in [2.45, 2.75) is 77.4 Å². The first-order chi connectivity index (χ1) is 14.4. The van der Waals surface area contributed by atoms with Crippen LogP contribution in [0.2, 0.25) is 0 Å². The molecule has 3 fully saturated rings. The number of rotatable bonds is 6. The predicted molar refractivity (Wildman–Crippen MR) is 121 cm³/mol. The summed E-state index contributed by atoms with van der Waals surface area (Å²) in [5, 5.41) is 9.67. The topological polar surface area (TPSA) is 41.1 Å². The highest BCUT2D eigenvalue weighted by Gasteiger charge is 2.32. The monoisotopic (exact) mass is 412 g/mol. The first kappa shape index (κ1) is 22.9. The SMILES string of the molecule is [C-]#[N+]C(C#N)=C(N1CCC(CN2CCCC2C)CC1)N(C)C1CCN(C(C)C)CC1. The summed E-state index contributed by atoms with van der Waals surface area (Å²) >= 11 is 0. The molecule has 6 heteroatoms. The molecule has 1 unspecified atom stereocenters. The van der Waals surface area contributed by atoms with Gasteiger partial charge >= 0.3 is 5.70 Å². The van der Waals surface area contributed by atoms with E-state index in [9.17, 15) is 5.26 Å². The minimum Gasteiger partial charge on any atom is -0.366 e. The molecule has 3 heterocycles. The van der Waals surface area contributed by atoms with Crippen LogP contribution in [0.25, 0.3) is 4.85 Å². The van der Waals surface area contributed by atoms with E-state index in [2.05, 4.69) is 58.3 Å². The molecular weight excluding hydrogens is 372 g/mol. The van der Waals surface area contributed by atoms with Gasteiger partial charge < -0.3 is 19.6 Å². The van der Waals surface area contributed by atoms with E-state index < -0.39 is 0 Å². The molecule has 3 rings (SSSR count). The van der Waals surface area contributed by atoms with Crippen LogP contribution in [0, 0.1) is 23.8 Å². The maximum atomic E-state index is 9.67. The Kier molecular flexibility index (Phi) is 8.03. The third-order valence-electron chi connectivity index (χ3n) is 7.64. The molecule has 6 nitrogen and oxygen atoms in total. The van der Waals surface area contributed by atoms with E-state index in [-0.39, 0.29) is 5.70 Å². The number of nitrogens with zero attached hydrogens (tertiary/aromatic N) is 6. The summed E-state index contributed by atoms with van der Waals surface area (Å²) in [6, 6.07) is 3.92. The molecule has 0 aromatic heterocycles. The van der Waals surface area contributed by atoms with Crippen LogP contribution in [-0.4, -0.2) is 84.0 Å². The van der Waals surface area contributed by atoms with Crippen LogP contribution in [0.4, 0.5) is 0 Å². The minimum atomic E-state index is 0.260. The number of hydrogen-bond donors (Lipinski definition) is 0. The lowest BCUT2D eigenvalue weighted by molar-refractivity contribution is 0.0869. The zero-order valence-electron chi connectivity index (χ0n) is 19.5. The third kappa shape index (κ3) is 5.29. The van der Waals surface area contributed by atoms with Crippen LogP contribution >= 0.6 is 0 Å². The summed E-state index contributed by atoms with van der Waals surface area (Å²) in [5.74, 6) is 1.62. The largest absolute Gasteiger partial charge is 0.366 e. The molecule has 0 spiro atoms. The van der Waals surface area contributed by atoms with Crippen LogP contribution in [-0.2, 0) is 0 Å². The van der Waals surface area contributed by atoms with Gasteiger partial charge in [-0.15, -0.1) is 0 Å². The second-order valence-corrected chi connectivity index (χ2v) is 9.78. The van der Waals surface area contributed by atoms with Gasteiger partial charge in [-0.05, 0) is 71.8 Å². The molecule has 166 valence electrons. The Morgan fingerprint density at radius 2 is 1.77 bits per heavy atom. The number of nitriles is 1. The van der Waals surface area contributed by atoms with Gasteiger partial charge in [0.15, 0.2) is 0 Å². The molecule has 0 aliphatic carbocycles. The van der Waals surface area contributed by atoms with E-state index in [4.69, 9.17) is 6.57 Å². The fraction of sp³-hybridized carbons (Fsp3) is 0.833. The lowest BCUT2D eigenvalue weighted by atomic mass is 9.95. The molecule has 0 aromatic carbocycles. The van der Waals surface area contributed by atoms with Crippen molar-refractivity contribution >= 4 is 0 Å². The van der Waals surface area contributed by atoms with E-state index in [0.717, 1.165) is 69.6 Å². The quantitative estimate of drug-likeness (QED) is 0.492. The minimum absolute atomic E-state index is 0.260. The third-order valence-corrected chi connectivity index (χ3v) is 7.64. The van der Waals surface area contributed by atoms with E-state index in [1.54, 1.807) is 0 Å². The normalized spacial score (nSPS) is 25.8. The van der Waals surface area contributed by atoms with Gasteiger partial charge in [-0.1, -0.05) is 0 Å².